The second kappa shape index (κ2) is 7.88. The average molecular weight is 407 g/mol. The Balaban J connectivity index is 1.85. The lowest BCUT2D eigenvalue weighted by atomic mass is 9.95. The summed E-state index contributed by atoms with van der Waals surface area (Å²) in [5.74, 6) is -0.169. The van der Waals surface area contributed by atoms with Crippen LogP contribution in [0.2, 0.25) is 0 Å². The maximum absolute atomic E-state index is 13.0. The van der Waals surface area contributed by atoms with Crippen LogP contribution in [0.3, 0.4) is 0 Å². The number of benzene rings is 2. The molecule has 2 atom stereocenters. The van der Waals surface area contributed by atoms with Gasteiger partial charge in [0, 0.05) is 6.61 Å². The fourth-order valence-corrected chi connectivity index (χ4v) is 5.01. The van der Waals surface area contributed by atoms with Gasteiger partial charge in [0.05, 0.1) is 11.5 Å². The van der Waals surface area contributed by atoms with Crippen molar-refractivity contribution in [1.82, 2.24) is 5.48 Å². The summed E-state index contributed by atoms with van der Waals surface area (Å²) < 4.78 is 36.8. The molecular weight excluding hydrogens is 386 g/mol. The number of amides is 1. The highest BCUT2D eigenvalue weighted by Gasteiger charge is 2.53. The fraction of sp³-hybridized carbons (Fsp3) is 0.316. The summed E-state index contributed by atoms with van der Waals surface area (Å²) in [4.78, 5) is 11.8. The number of rotatable bonds is 5. The van der Waals surface area contributed by atoms with Crippen molar-refractivity contribution in [3.8, 4) is 11.5 Å². The van der Waals surface area contributed by atoms with E-state index >= 15 is 0 Å². The highest BCUT2D eigenvalue weighted by molar-refractivity contribution is 7.92. The molecule has 2 aromatic rings. The van der Waals surface area contributed by atoms with Gasteiger partial charge < -0.3 is 14.6 Å². The number of carbonyl (C=O) groups is 1. The molecule has 0 bridgehead atoms. The third-order valence-corrected chi connectivity index (χ3v) is 6.96. The Labute approximate surface area is 162 Å². The number of nitrogens with one attached hydrogen (secondary N) is 1. The van der Waals surface area contributed by atoms with E-state index in [1.807, 2.05) is 19.1 Å². The summed E-state index contributed by atoms with van der Waals surface area (Å²) in [5, 5.41) is 18.0. The number of hydrogen-bond acceptors (Lipinski definition) is 7. The van der Waals surface area contributed by atoms with Crippen LogP contribution in [-0.2, 0) is 19.4 Å². The van der Waals surface area contributed by atoms with Crippen LogP contribution in [0.4, 0.5) is 0 Å². The average Bonchev–Trinajstić information content (AvgIpc) is 2.69. The zero-order chi connectivity index (χ0) is 20.4. The third kappa shape index (κ3) is 3.88. The summed E-state index contributed by atoms with van der Waals surface area (Å²) in [6.45, 7) is 1.50. The molecule has 9 heteroatoms. The number of aliphatic hydroxyl groups is 1. The Morgan fingerprint density at radius 3 is 2.29 bits per heavy atom. The largest absolute Gasteiger partial charge is 0.457 e. The third-order valence-electron chi connectivity index (χ3n) is 4.66. The SMILES string of the molecule is Cc1ccc(Oc2ccc(S(=O)(=O)C3CCOCC3(O)C(=O)NO)cc2)cc1. The summed E-state index contributed by atoms with van der Waals surface area (Å²) in [5.41, 5.74) is 0.0173. The number of hydroxylamine groups is 1. The van der Waals surface area contributed by atoms with Crippen LogP contribution in [0, 0.1) is 6.92 Å². The predicted octanol–water partition coefficient (Wildman–Crippen LogP) is 1.59. The number of ether oxygens (including phenoxy) is 2. The number of aryl methyl sites for hydroxylation is 1. The molecular formula is C19H21NO7S. The highest BCUT2D eigenvalue weighted by atomic mass is 32.2. The molecule has 1 aliphatic heterocycles. The first-order chi connectivity index (χ1) is 13.3. The van der Waals surface area contributed by atoms with E-state index in [2.05, 4.69) is 0 Å². The van der Waals surface area contributed by atoms with Crippen molar-refractivity contribution >= 4 is 15.7 Å². The van der Waals surface area contributed by atoms with E-state index in [-0.39, 0.29) is 17.9 Å². The molecule has 0 aromatic heterocycles. The highest BCUT2D eigenvalue weighted by Crippen LogP contribution is 2.32. The van der Waals surface area contributed by atoms with Crippen molar-refractivity contribution in [3.63, 3.8) is 0 Å². The van der Waals surface area contributed by atoms with Gasteiger partial charge in [-0.2, -0.15) is 0 Å². The first kappa shape index (κ1) is 20.3. The van der Waals surface area contributed by atoms with Gasteiger partial charge in [-0.1, -0.05) is 17.7 Å². The standard InChI is InChI=1S/C19H21NO7S/c1-13-2-4-14(5-3-13)27-15-6-8-16(9-7-15)28(24,25)17-10-11-26-12-19(17,22)18(21)20-23/h2-9,17,22-23H,10-12H2,1H3,(H,20,21). The van der Waals surface area contributed by atoms with E-state index in [1.54, 1.807) is 12.1 Å². The molecule has 1 aliphatic rings. The van der Waals surface area contributed by atoms with Gasteiger partial charge >= 0.3 is 0 Å². The van der Waals surface area contributed by atoms with E-state index in [1.165, 1.54) is 29.7 Å². The molecule has 3 rings (SSSR count). The van der Waals surface area contributed by atoms with Crippen LogP contribution in [0.1, 0.15) is 12.0 Å². The van der Waals surface area contributed by atoms with Gasteiger partial charge in [-0.25, -0.2) is 13.9 Å². The lowest BCUT2D eigenvalue weighted by molar-refractivity contribution is -0.161. The quantitative estimate of drug-likeness (QED) is 0.508. The summed E-state index contributed by atoms with van der Waals surface area (Å²) in [6.07, 6.45) is -0.0894. The zero-order valence-electron chi connectivity index (χ0n) is 15.2. The molecule has 1 heterocycles. The topological polar surface area (TPSA) is 122 Å². The Morgan fingerprint density at radius 1 is 1.14 bits per heavy atom. The van der Waals surface area contributed by atoms with Crippen LogP contribution in [0.25, 0.3) is 0 Å². The van der Waals surface area contributed by atoms with Gasteiger partial charge in [0.25, 0.3) is 5.91 Å². The molecule has 150 valence electrons. The monoisotopic (exact) mass is 407 g/mol. The van der Waals surface area contributed by atoms with E-state index < -0.39 is 33.2 Å². The minimum atomic E-state index is -4.08. The van der Waals surface area contributed by atoms with Crippen molar-refractivity contribution in [1.29, 1.82) is 0 Å². The molecule has 3 N–H and O–H groups in total. The summed E-state index contributed by atoms with van der Waals surface area (Å²) in [6, 6.07) is 13.1. The molecule has 2 aromatic carbocycles. The second-order valence-electron chi connectivity index (χ2n) is 6.63. The maximum Gasteiger partial charge on any atom is 0.279 e. The minimum Gasteiger partial charge on any atom is -0.457 e. The minimum absolute atomic E-state index is 0.0690. The Kier molecular flexibility index (Phi) is 5.71. The summed E-state index contributed by atoms with van der Waals surface area (Å²) >= 11 is 0. The first-order valence-electron chi connectivity index (χ1n) is 8.60. The molecule has 0 spiro atoms. The van der Waals surface area contributed by atoms with Crippen LogP contribution in [-0.4, -0.2) is 48.7 Å². The normalized spacial score (nSPS) is 22.5. The van der Waals surface area contributed by atoms with E-state index in [9.17, 15) is 18.3 Å². The van der Waals surface area contributed by atoms with Crippen molar-refractivity contribution in [2.24, 2.45) is 0 Å². The molecule has 1 fully saturated rings. The zero-order valence-corrected chi connectivity index (χ0v) is 16.0. The molecule has 0 radical (unpaired) electrons. The smallest absolute Gasteiger partial charge is 0.279 e. The lowest BCUT2D eigenvalue weighted by Crippen LogP contribution is -2.62. The molecule has 1 amide bonds. The molecule has 0 aliphatic carbocycles. The van der Waals surface area contributed by atoms with Gasteiger partial charge in [0.15, 0.2) is 15.4 Å². The number of sulfone groups is 1. The molecule has 2 unspecified atom stereocenters. The van der Waals surface area contributed by atoms with Crippen molar-refractivity contribution in [2.45, 2.75) is 29.1 Å². The Morgan fingerprint density at radius 2 is 1.71 bits per heavy atom. The van der Waals surface area contributed by atoms with Gasteiger partial charge in [0.1, 0.15) is 16.7 Å². The Bertz CT molecular complexity index is 941. The van der Waals surface area contributed by atoms with Crippen molar-refractivity contribution in [2.75, 3.05) is 13.2 Å². The van der Waals surface area contributed by atoms with Gasteiger partial charge in [-0.3, -0.25) is 10.0 Å². The Hall–Kier alpha value is -2.46. The molecule has 1 saturated heterocycles. The lowest BCUT2D eigenvalue weighted by Gasteiger charge is -2.36. The molecule has 8 nitrogen and oxygen atoms in total. The van der Waals surface area contributed by atoms with Crippen molar-refractivity contribution in [3.05, 3.63) is 54.1 Å². The van der Waals surface area contributed by atoms with Crippen molar-refractivity contribution < 1.29 is 33.0 Å². The maximum atomic E-state index is 13.0. The number of hydrogen-bond donors (Lipinski definition) is 3. The van der Waals surface area contributed by atoms with E-state index in [0.717, 1.165) is 5.56 Å². The molecule has 28 heavy (non-hydrogen) atoms. The van der Waals surface area contributed by atoms with Crippen LogP contribution >= 0.6 is 0 Å². The summed E-state index contributed by atoms with van der Waals surface area (Å²) in [7, 11) is -4.08. The van der Waals surface area contributed by atoms with Gasteiger partial charge in [-0.05, 0) is 49.7 Å². The van der Waals surface area contributed by atoms with Crippen LogP contribution < -0.4 is 10.2 Å². The second-order valence-corrected chi connectivity index (χ2v) is 8.76. The fourth-order valence-electron chi connectivity index (χ4n) is 3.07. The number of carbonyl (C=O) groups excluding carboxylic acids is 1. The van der Waals surface area contributed by atoms with Gasteiger partial charge in [-0.15, -0.1) is 0 Å². The van der Waals surface area contributed by atoms with E-state index in [4.69, 9.17) is 14.7 Å². The van der Waals surface area contributed by atoms with Crippen LogP contribution in [0.5, 0.6) is 11.5 Å². The first-order valence-corrected chi connectivity index (χ1v) is 10.1. The van der Waals surface area contributed by atoms with Crippen LogP contribution in [0.15, 0.2) is 53.4 Å². The predicted molar refractivity (Wildman–Crippen MR) is 99.0 cm³/mol. The van der Waals surface area contributed by atoms with E-state index in [0.29, 0.717) is 11.5 Å². The van der Waals surface area contributed by atoms with Gasteiger partial charge in [0.2, 0.25) is 0 Å². The molecule has 0 saturated carbocycles.